The molecule has 0 bridgehead atoms. The van der Waals surface area contributed by atoms with Gasteiger partial charge in [0.05, 0.1) is 6.20 Å². The third-order valence-electron chi connectivity index (χ3n) is 3.45. The van der Waals surface area contributed by atoms with Crippen molar-refractivity contribution >= 4 is 15.9 Å². The van der Waals surface area contributed by atoms with E-state index in [1.165, 1.54) is 25.2 Å². The molecule has 3 rings (SSSR count). The van der Waals surface area contributed by atoms with Gasteiger partial charge in [-0.05, 0) is 31.1 Å². The normalized spacial score (nSPS) is 26.7. The summed E-state index contributed by atoms with van der Waals surface area (Å²) in [6.45, 7) is 0. The van der Waals surface area contributed by atoms with Crippen molar-refractivity contribution in [1.82, 2.24) is 14.7 Å². The van der Waals surface area contributed by atoms with Crippen LogP contribution in [0.5, 0.6) is 0 Å². The van der Waals surface area contributed by atoms with Gasteiger partial charge in [0.15, 0.2) is 5.03 Å². The maximum atomic E-state index is 11.8. The minimum atomic E-state index is -3.87. The Morgan fingerprint density at radius 2 is 2.11 bits per heavy atom. The molecule has 2 aliphatic carbocycles. The summed E-state index contributed by atoms with van der Waals surface area (Å²) in [6, 6.07) is 0. The molecule has 1 aromatic heterocycles. The van der Waals surface area contributed by atoms with Gasteiger partial charge in [0.2, 0.25) is 5.91 Å². The number of nitrogens with zero attached hydrogens (tertiary/aromatic N) is 2. The third-order valence-corrected chi connectivity index (χ3v) is 4.69. The molecular formula is C11H13N3O3S. The van der Waals surface area contributed by atoms with Crippen molar-refractivity contribution in [1.29, 1.82) is 0 Å². The van der Waals surface area contributed by atoms with E-state index in [2.05, 4.69) is 14.7 Å². The first kappa shape index (κ1) is 11.6. The molecular weight excluding hydrogens is 254 g/mol. The van der Waals surface area contributed by atoms with Crippen LogP contribution in [0, 0.1) is 17.8 Å². The summed E-state index contributed by atoms with van der Waals surface area (Å²) in [5.41, 5.74) is 0. The van der Waals surface area contributed by atoms with Gasteiger partial charge in [-0.15, -0.1) is 0 Å². The lowest BCUT2D eigenvalue weighted by molar-refractivity contribution is -0.120. The van der Waals surface area contributed by atoms with Crippen molar-refractivity contribution in [3.05, 3.63) is 18.6 Å². The lowest BCUT2D eigenvalue weighted by Crippen LogP contribution is -2.32. The van der Waals surface area contributed by atoms with E-state index < -0.39 is 15.9 Å². The molecule has 1 N–H and O–H groups in total. The molecule has 18 heavy (non-hydrogen) atoms. The summed E-state index contributed by atoms with van der Waals surface area (Å²) < 4.78 is 25.7. The van der Waals surface area contributed by atoms with Crippen LogP contribution in [0.1, 0.15) is 19.3 Å². The van der Waals surface area contributed by atoms with Crippen LogP contribution in [0.25, 0.3) is 0 Å². The number of amides is 1. The van der Waals surface area contributed by atoms with Crippen molar-refractivity contribution in [3.8, 4) is 0 Å². The maximum absolute atomic E-state index is 11.8. The van der Waals surface area contributed by atoms with Crippen LogP contribution in [0.2, 0.25) is 0 Å². The second-order valence-electron chi connectivity index (χ2n) is 4.86. The Hall–Kier alpha value is -1.50. The van der Waals surface area contributed by atoms with E-state index in [0.717, 1.165) is 12.6 Å². The number of hydrogen-bond donors (Lipinski definition) is 1. The first-order valence-electron chi connectivity index (χ1n) is 5.90. The molecule has 1 heterocycles. The molecule has 0 aliphatic heterocycles. The van der Waals surface area contributed by atoms with Crippen molar-refractivity contribution < 1.29 is 13.2 Å². The molecule has 0 saturated heterocycles. The monoisotopic (exact) mass is 267 g/mol. The Kier molecular flexibility index (Phi) is 2.58. The summed E-state index contributed by atoms with van der Waals surface area (Å²) in [7, 11) is -3.87. The van der Waals surface area contributed by atoms with Gasteiger partial charge in [0.1, 0.15) is 0 Å². The van der Waals surface area contributed by atoms with E-state index >= 15 is 0 Å². The van der Waals surface area contributed by atoms with Crippen LogP contribution in [0.4, 0.5) is 0 Å². The summed E-state index contributed by atoms with van der Waals surface area (Å²) in [4.78, 5) is 19.2. The van der Waals surface area contributed by atoms with Gasteiger partial charge >= 0.3 is 0 Å². The van der Waals surface area contributed by atoms with Gasteiger partial charge in [-0.1, -0.05) is 0 Å². The highest BCUT2D eigenvalue weighted by Gasteiger charge is 2.51. The van der Waals surface area contributed by atoms with Crippen LogP contribution in [0.15, 0.2) is 23.6 Å². The minimum absolute atomic E-state index is 0.135. The average Bonchev–Trinajstić information content (AvgIpc) is 3.19. The number of hydrogen-bond acceptors (Lipinski definition) is 5. The smallest absolute Gasteiger partial charge is 0.274 e. The first-order valence-corrected chi connectivity index (χ1v) is 7.39. The van der Waals surface area contributed by atoms with E-state index in [9.17, 15) is 13.2 Å². The maximum Gasteiger partial charge on any atom is 0.283 e. The lowest BCUT2D eigenvalue weighted by atomic mass is 10.2. The number of aromatic nitrogens is 2. The Bertz CT molecular complexity index is 568. The molecule has 1 aromatic rings. The fourth-order valence-electron chi connectivity index (χ4n) is 2.25. The molecule has 0 unspecified atom stereocenters. The van der Waals surface area contributed by atoms with Gasteiger partial charge in [0.25, 0.3) is 10.0 Å². The molecule has 6 nitrogen and oxygen atoms in total. The molecule has 2 saturated carbocycles. The number of nitrogens with one attached hydrogen (secondary N) is 1. The van der Waals surface area contributed by atoms with Crippen LogP contribution in [0.3, 0.4) is 0 Å². The zero-order chi connectivity index (χ0) is 12.8. The Labute approximate surface area is 105 Å². The topological polar surface area (TPSA) is 89.0 Å². The molecule has 0 spiro atoms. The van der Waals surface area contributed by atoms with Crippen molar-refractivity contribution in [2.45, 2.75) is 24.3 Å². The van der Waals surface area contributed by atoms with E-state index in [0.29, 0.717) is 11.8 Å². The van der Waals surface area contributed by atoms with Crippen molar-refractivity contribution in [2.24, 2.45) is 17.8 Å². The van der Waals surface area contributed by atoms with E-state index in [-0.39, 0.29) is 10.9 Å². The first-order chi connectivity index (χ1) is 8.58. The number of carbonyl (C=O) groups is 1. The van der Waals surface area contributed by atoms with Crippen LogP contribution in [-0.2, 0) is 14.8 Å². The van der Waals surface area contributed by atoms with Gasteiger partial charge in [0, 0.05) is 18.3 Å². The summed E-state index contributed by atoms with van der Waals surface area (Å²) in [6.07, 6.45) is 6.94. The molecule has 0 radical (unpaired) electrons. The molecule has 2 aliphatic rings. The Morgan fingerprint density at radius 3 is 2.72 bits per heavy atom. The highest BCUT2D eigenvalue weighted by molar-refractivity contribution is 7.90. The third kappa shape index (κ3) is 2.22. The predicted octanol–water partition coefficient (Wildman–Crippen LogP) is 0.328. The number of carbonyl (C=O) groups excluding carboxylic acids is 1. The molecule has 2 atom stereocenters. The minimum Gasteiger partial charge on any atom is -0.274 e. The zero-order valence-corrected chi connectivity index (χ0v) is 10.4. The van der Waals surface area contributed by atoms with E-state index in [4.69, 9.17) is 0 Å². The van der Waals surface area contributed by atoms with E-state index in [1.807, 2.05) is 0 Å². The Morgan fingerprint density at radius 1 is 1.33 bits per heavy atom. The van der Waals surface area contributed by atoms with Gasteiger partial charge in [-0.3, -0.25) is 9.78 Å². The SMILES string of the molecule is O=C(NS(=O)(=O)c1cnccn1)[C@H]1C[C@@H]1C1CC1. The fraction of sp³-hybridized carbons (Fsp3) is 0.545. The molecule has 2 fully saturated rings. The quantitative estimate of drug-likeness (QED) is 0.849. The fourth-order valence-corrected chi connectivity index (χ4v) is 3.17. The standard InChI is InChI=1S/C11H13N3O3S/c15-11(9-5-8(9)7-1-2-7)14-18(16,17)10-6-12-3-4-13-10/h3-4,6-9H,1-2,5H2,(H,14,15)/t8-,9+/m1/s1. The van der Waals surface area contributed by atoms with Crippen molar-refractivity contribution in [2.75, 3.05) is 0 Å². The number of rotatable bonds is 4. The molecule has 96 valence electrons. The van der Waals surface area contributed by atoms with Crippen LogP contribution >= 0.6 is 0 Å². The summed E-state index contributed by atoms with van der Waals surface area (Å²) >= 11 is 0. The van der Waals surface area contributed by atoms with Gasteiger partial charge < -0.3 is 0 Å². The largest absolute Gasteiger partial charge is 0.283 e. The Balaban J connectivity index is 1.67. The average molecular weight is 267 g/mol. The van der Waals surface area contributed by atoms with Crippen molar-refractivity contribution in [3.63, 3.8) is 0 Å². The van der Waals surface area contributed by atoms with Crippen LogP contribution in [-0.4, -0.2) is 24.3 Å². The second-order valence-corrected chi connectivity index (χ2v) is 6.49. The highest BCUT2D eigenvalue weighted by atomic mass is 32.2. The molecule has 7 heteroatoms. The zero-order valence-electron chi connectivity index (χ0n) is 9.61. The number of sulfonamides is 1. The molecule has 0 aromatic carbocycles. The second kappa shape index (κ2) is 4.01. The predicted molar refractivity (Wildman–Crippen MR) is 61.7 cm³/mol. The van der Waals surface area contributed by atoms with Gasteiger partial charge in [-0.25, -0.2) is 9.71 Å². The summed E-state index contributed by atoms with van der Waals surface area (Å²) in [5.74, 6) is 0.489. The highest BCUT2D eigenvalue weighted by Crippen LogP contribution is 2.54. The van der Waals surface area contributed by atoms with Gasteiger partial charge in [-0.2, -0.15) is 8.42 Å². The van der Waals surface area contributed by atoms with E-state index in [1.54, 1.807) is 0 Å². The lowest BCUT2D eigenvalue weighted by Gasteiger charge is -2.05. The molecule has 1 amide bonds. The van der Waals surface area contributed by atoms with Crippen LogP contribution < -0.4 is 4.72 Å². The summed E-state index contributed by atoms with van der Waals surface area (Å²) in [5, 5.41) is -0.220.